The summed E-state index contributed by atoms with van der Waals surface area (Å²) in [6, 6.07) is 13.1. The van der Waals surface area contributed by atoms with Gasteiger partial charge in [0.25, 0.3) is 0 Å². The van der Waals surface area contributed by atoms with E-state index in [2.05, 4.69) is 15.3 Å². The second-order valence-corrected chi connectivity index (χ2v) is 7.84. The maximum atomic E-state index is 13.9. The van der Waals surface area contributed by atoms with Crippen LogP contribution in [0.3, 0.4) is 0 Å². The summed E-state index contributed by atoms with van der Waals surface area (Å²) in [7, 11) is 0. The van der Waals surface area contributed by atoms with Gasteiger partial charge in [-0.1, -0.05) is 47.7 Å². The van der Waals surface area contributed by atoms with E-state index in [9.17, 15) is 17.6 Å². The van der Waals surface area contributed by atoms with Crippen LogP contribution in [0.15, 0.2) is 71.6 Å². The van der Waals surface area contributed by atoms with Gasteiger partial charge in [0.05, 0.1) is 11.9 Å². The number of unbranched alkanes of at least 4 members (excludes halogenated alkanes) is 1. The molecule has 0 saturated heterocycles. The van der Waals surface area contributed by atoms with Gasteiger partial charge in [-0.3, -0.25) is 4.68 Å². The van der Waals surface area contributed by atoms with Gasteiger partial charge in [0.2, 0.25) is 5.89 Å². The van der Waals surface area contributed by atoms with Crippen molar-refractivity contribution in [1.29, 1.82) is 0 Å². The van der Waals surface area contributed by atoms with Crippen LogP contribution >= 0.6 is 0 Å². The Morgan fingerprint density at radius 3 is 2.47 bits per heavy atom. The van der Waals surface area contributed by atoms with E-state index in [4.69, 9.17) is 4.42 Å². The molecule has 34 heavy (non-hydrogen) atoms. The molecular weight excluding hydrogens is 448 g/mol. The predicted octanol–water partition coefficient (Wildman–Crippen LogP) is 6.12. The molecule has 0 fully saturated rings. The van der Waals surface area contributed by atoms with Gasteiger partial charge in [-0.2, -0.15) is 13.2 Å². The van der Waals surface area contributed by atoms with Crippen molar-refractivity contribution in [2.45, 2.75) is 38.4 Å². The Morgan fingerprint density at radius 1 is 1.00 bits per heavy atom. The summed E-state index contributed by atoms with van der Waals surface area (Å²) in [6.07, 6.45) is 3.86. The van der Waals surface area contributed by atoms with Crippen molar-refractivity contribution in [3.8, 4) is 0 Å². The van der Waals surface area contributed by atoms with E-state index in [1.54, 1.807) is 10.9 Å². The summed E-state index contributed by atoms with van der Waals surface area (Å²) < 4.78 is 61.6. The van der Waals surface area contributed by atoms with Crippen molar-refractivity contribution < 1.29 is 22.0 Å². The second-order valence-electron chi connectivity index (χ2n) is 7.84. The van der Waals surface area contributed by atoms with Crippen molar-refractivity contribution in [2.75, 3.05) is 0 Å². The third kappa shape index (κ3) is 6.18. The van der Waals surface area contributed by atoms with Crippen molar-refractivity contribution >= 4 is 11.6 Å². The highest BCUT2D eigenvalue weighted by atomic mass is 19.4. The third-order valence-corrected chi connectivity index (χ3v) is 5.28. The molecule has 5 nitrogen and oxygen atoms in total. The lowest BCUT2D eigenvalue weighted by molar-refractivity contribution is -0.0697. The Hall–Kier alpha value is -3.75. The molecule has 0 aliphatic carbocycles. The number of nitrogens with zero attached hydrogens (tertiary/aromatic N) is 4. The lowest BCUT2D eigenvalue weighted by Gasteiger charge is -2.08. The van der Waals surface area contributed by atoms with E-state index >= 15 is 0 Å². The molecule has 0 aliphatic heterocycles. The maximum absolute atomic E-state index is 13.9. The molecule has 0 aliphatic rings. The van der Waals surface area contributed by atoms with Crippen molar-refractivity contribution in [2.24, 2.45) is 0 Å². The zero-order chi connectivity index (χ0) is 24.0. The summed E-state index contributed by atoms with van der Waals surface area (Å²) >= 11 is 0. The molecule has 0 saturated carbocycles. The fraction of sp³-hybridized carbons (Fsp3) is 0.240. The first-order valence-electron chi connectivity index (χ1n) is 10.8. The average Bonchev–Trinajstić information content (AvgIpc) is 3.49. The van der Waals surface area contributed by atoms with Crippen LogP contribution < -0.4 is 0 Å². The van der Waals surface area contributed by atoms with E-state index in [0.717, 1.165) is 37.4 Å². The minimum absolute atomic E-state index is 0.188. The van der Waals surface area contributed by atoms with Gasteiger partial charge in [0, 0.05) is 24.7 Å². The monoisotopic (exact) mass is 470 g/mol. The fourth-order valence-electron chi connectivity index (χ4n) is 3.51. The number of benzene rings is 2. The van der Waals surface area contributed by atoms with Crippen LogP contribution in [0.5, 0.6) is 0 Å². The smallest absolute Gasteiger partial charge is 0.421 e. The maximum Gasteiger partial charge on any atom is 0.421 e. The predicted molar refractivity (Wildman–Crippen MR) is 119 cm³/mol. The molecule has 0 N–H and O–H groups in total. The van der Waals surface area contributed by atoms with E-state index in [0.29, 0.717) is 18.2 Å². The normalized spacial score (nSPS) is 12.3. The topological polar surface area (TPSA) is 56.7 Å². The number of alkyl halides is 3. The van der Waals surface area contributed by atoms with Gasteiger partial charge < -0.3 is 4.42 Å². The van der Waals surface area contributed by atoms with Crippen LogP contribution in [0.25, 0.3) is 11.6 Å². The van der Waals surface area contributed by atoms with Gasteiger partial charge in [-0.05, 0) is 42.5 Å². The third-order valence-electron chi connectivity index (χ3n) is 5.28. The molecule has 0 spiro atoms. The molecular formula is C25H22F4N4O. The van der Waals surface area contributed by atoms with E-state index in [-0.39, 0.29) is 5.56 Å². The van der Waals surface area contributed by atoms with Crippen molar-refractivity contribution in [3.63, 3.8) is 0 Å². The van der Waals surface area contributed by atoms with E-state index in [1.807, 2.05) is 30.5 Å². The summed E-state index contributed by atoms with van der Waals surface area (Å²) in [5, 5.41) is 7.71. The molecule has 2 heterocycles. The highest BCUT2D eigenvalue weighted by molar-refractivity contribution is 5.81. The van der Waals surface area contributed by atoms with Gasteiger partial charge in [-0.25, -0.2) is 9.37 Å². The first-order valence-corrected chi connectivity index (χ1v) is 10.8. The highest BCUT2D eigenvalue weighted by Gasteiger charge is 2.38. The largest absolute Gasteiger partial charge is 0.444 e. The Morgan fingerprint density at radius 2 is 1.76 bits per heavy atom. The lowest BCUT2D eigenvalue weighted by atomic mass is 10.0. The number of aryl methyl sites for hydroxylation is 2. The summed E-state index contributed by atoms with van der Waals surface area (Å²) in [5.74, 6) is -1.34. The fourth-order valence-corrected chi connectivity index (χ4v) is 3.51. The lowest BCUT2D eigenvalue weighted by Crippen LogP contribution is -2.11. The van der Waals surface area contributed by atoms with E-state index in [1.165, 1.54) is 30.0 Å². The minimum atomic E-state index is -4.75. The van der Waals surface area contributed by atoms with Gasteiger partial charge in [0.15, 0.2) is 0 Å². The van der Waals surface area contributed by atoms with Crippen molar-refractivity contribution in [1.82, 2.24) is 20.0 Å². The molecule has 0 unspecified atom stereocenters. The zero-order valence-electron chi connectivity index (χ0n) is 18.2. The van der Waals surface area contributed by atoms with Crippen LogP contribution in [0, 0.1) is 5.82 Å². The number of rotatable bonds is 9. The Balaban J connectivity index is 1.39. The molecule has 176 valence electrons. The number of halogens is 4. The molecule has 0 bridgehead atoms. The molecule has 4 aromatic rings. The van der Waals surface area contributed by atoms with Crippen LogP contribution in [0.1, 0.15) is 41.1 Å². The van der Waals surface area contributed by atoms with Crippen molar-refractivity contribution in [3.05, 3.63) is 101 Å². The molecule has 9 heteroatoms. The standard InChI is InChI=1S/C25H22F4N4O/c26-23-7-2-1-6-20(23)16-22(25(27,28)29)24-31-21(17-34-24)15-19-10-8-18(9-11-19)5-3-4-13-33-14-12-30-32-33/h1-2,6-12,14,16-17H,3-5,13,15H2. The number of allylic oxidation sites excluding steroid dienone is 1. The van der Waals surface area contributed by atoms with Crippen LogP contribution in [0.2, 0.25) is 0 Å². The first kappa shape index (κ1) is 23.4. The molecule has 0 radical (unpaired) electrons. The number of hydrogen-bond acceptors (Lipinski definition) is 4. The zero-order valence-corrected chi connectivity index (χ0v) is 18.2. The highest BCUT2D eigenvalue weighted by Crippen LogP contribution is 2.35. The minimum Gasteiger partial charge on any atom is -0.444 e. The Kier molecular flexibility index (Phi) is 7.20. The number of aromatic nitrogens is 4. The van der Waals surface area contributed by atoms with Crippen LogP contribution in [-0.4, -0.2) is 26.2 Å². The summed E-state index contributed by atoms with van der Waals surface area (Å²) in [4.78, 5) is 4.01. The van der Waals surface area contributed by atoms with Gasteiger partial charge >= 0.3 is 6.18 Å². The summed E-state index contributed by atoms with van der Waals surface area (Å²) in [5.41, 5.74) is 1.11. The van der Waals surface area contributed by atoms with Crippen LogP contribution in [-0.2, 0) is 19.4 Å². The SMILES string of the molecule is Fc1ccccc1C=C(c1nc(Cc2ccc(CCCCn3ccnn3)cc2)co1)C(F)(F)F. The average molecular weight is 470 g/mol. The van der Waals surface area contributed by atoms with Crippen LogP contribution in [0.4, 0.5) is 17.6 Å². The Labute approximate surface area is 193 Å². The molecule has 0 atom stereocenters. The second kappa shape index (κ2) is 10.5. The number of oxazole rings is 1. The first-order chi connectivity index (χ1) is 16.4. The van der Waals surface area contributed by atoms with Gasteiger partial charge in [-0.15, -0.1) is 5.10 Å². The Bertz CT molecular complexity index is 1230. The summed E-state index contributed by atoms with van der Waals surface area (Å²) in [6.45, 7) is 0.817. The molecule has 4 rings (SSSR count). The number of hydrogen-bond donors (Lipinski definition) is 0. The van der Waals surface area contributed by atoms with E-state index < -0.39 is 23.5 Å². The molecule has 0 amide bonds. The quantitative estimate of drug-likeness (QED) is 0.218. The molecule has 2 aromatic heterocycles. The van der Waals surface area contributed by atoms with Gasteiger partial charge in [0.1, 0.15) is 17.7 Å². The molecule has 2 aromatic carbocycles.